The number of fused-ring (bicyclic) bond motifs is 1. The van der Waals surface area contributed by atoms with E-state index >= 15 is 0 Å². The van der Waals surface area contributed by atoms with Crippen LogP contribution in [0.3, 0.4) is 0 Å². The number of aromatic amines is 1. The molecule has 3 rings (SSSR count). The Kier molecular flexibility index (Phi) is 3.49. The van der Waals surface area contributed by atoms with Gasteiger partial charge in [-0.05, 0) is 24.3 Å². The molecule has 0 spiro atoms. The van der Waals surface area contributed by atoms with Gasteiger partial charge in [-0.15, -0.1) is 0 Å². The molecule has 0 fully saturated rings. The van der Waals surface area contributed by atoms with E-state index in [-0.39, 0.29) is 11.7 Å². The maximum absolute atomic E-state index is 13.8. The van der Waals surface area contributed by atoms with Gasteiger partial charge >= 0.3 is 6.09 Å². The third-order valence-corrected chi connectivity index (χ3v) is 3.86. The van der Waals surface area contributed by atoms with E-state index in [9.17, 15) is 9.18 Å². The molecule has 0 aliphatic heterocycles. The number of carbonyl (C=O) groups excluding carboxylic acids is 1. The number of hydrogen-bond donors (Lipinski definition) is 2. The van der Waals surface area contributed by atoms with Crippen LogP contribution in [-0.4, -0.2) is 16.1 Å². The Balaban J connectivity index is 2.11. The lowest BCUT2D eigenvalue weighted by atomic mass is 10.3. The van der Waals surface area contributed by atoms with Gasteiger partial charge in [0.15, 0.2) is 0 Å². The number of halogens is 1. The van der Waals surface area contributed by atoms with E-state index < -0.39 is 6.09 Å². The van der Waals surface area contributed by atoms with E-state index in [4.69, 9.17) is 10.5 Å². The maximum Gasteiger partial charge on any atom is 0.411 e. The van der Waals surface area contributed by atoms with E-state index in [1.54, 1.807) is 36.5 Å². The summed E-state index contributed by atoms with van der Waals surface area (Å²) in [7, 11) is 0. The molecule has 1 aromatic carbocycles. The summed E-state index contributed by atoms with van der Waals surface area (Å²) in [6, 6.07) is 9.84. The number of rotatable bonds is 3. The Labute approximate surface area is 123 Å². The second kappa shape index (κ2) is 5.45. The standard InChI is InChI=1S/C14H10FN3O2S/c15-8-4-1-2-6-10(8)21-12-11-9(5-3-7-17-11)18-13(12)20-14(16)19/h1-7,18H,(H2,16,19). The van der Waals surface area contributed by atoms with Crippen LogP contribution in [0.25, 0.3) is 11.0 Å². The number of benzene rings is 1. The zero-order valence-corrected chi connectivity index (χ0v) is 11.5. The summed E-state index contributed by atoms with van der Waals surface area (Å²) in [4.78, 5) is 19.0. The predicted octanol–water partition coefficient (Wildman–Crippen LogP) is 3.31. The molecular formula is C14H10FN3O2S. The van der Waals surface area contributed by atoms with Crippen molar-refractivity contribution in [3.8, 4) is 5.88 Å². The summed E-state index contributed by atoms with van der Waals surface area (Å²) >= 11 is 1.12. The largest absolute Gasteiger partial charge is 0.411 e. The quantitative estimate of drug-likeness (QED) is 0.777. The molecule has 3 aromatic rings. The highest BCUT2D eigenvalue weighted by Crippen LogP contribution is 2.40. The Bertz CT molecular complexity index is 819. The summed E-state index contributed by atoms with van der Waals surface area (Å²) in [6.45, 7) is 0. The van der Waals surface area contributed by atoms with E-state index in [2.05, 4.69) is 9.97 Å². The minimum absolute atomic E-state index is 0.157. The number of amides is 1. The molecule has 0 radical (unpaired) electrons. The number of hydrogen-bond acceptors (Lipinski definition) is 4. The van der Waals surface area contributed by atoms with Crippen molar-refractivity contribution in [3.05, 3.63) is 48.4 Å². The molecular weight excluding hydrogens is 293 g/mol. The monoisotopic (exact) mass is 303 g/mol. The molecule has 0 saturated heterocycles. The highest BCUT2D eigenvalue weighted by molar-refractivity contribution is 7.99. The van der Waals surface area contributed by atoms with Crippen molar-refractivity contribution in [2.45, 2.75) is 9.79 Å². The molecule has 2 heterocycles. The molecule has 0 aliphatic rings. The lowest BCUT2D eigenvalue weighted by Crippen LogP contribution is -2.16. The maximum atomic E-state index is 13.8. The van der Waals surface area contributed by atoms with Gasteiger partial charge in [-0.2, -0.15) is 0 Å². The second-order valence-corrected chi connectivity index (χ2v) is 5.19. The van der Waals surface area contributed by atoms with Crippen molar-refractivity contribution in [2.24, 2.45) is 5.73 Å². The van der Waals surface area contributed by atoms with Crippen LogP contribution in [0.4, 0.5) is 9.18 Å². The van der Waals surface area contributed by atoms with Gasteiger partial charge in [0.1, 0.15) is 16.2 Å². The Morgan fingerprint density at radius 1 is 1.29 bits per heavy atom. The molecule has 21 heavy (non-hydrogen) atoms. The molecule has 0 bridgehead atoms. The number of H-pyrrole nitrogens is 1. The summed E-state index contributed by atoms with van der Waals surface area (Å²) in [5.41, 5.74) is 6.31. The SMILES string of the molecule is NC(=O)Oc1[nH]c2cccnc2c1Sc1ccccc1F. The topological polar surface area (TPSA) is 81.0 Å². The smallest absolute Gasteiger partial charge is 0.392 e. The van der Waals surface area contributed by atoms with Crippen molar-refractivity contribution >= 4 is 28.9 Å². The third-order valence-electron chi connectivity index (χ3n) is 2.73. The predicted molar refractivity (Wildman–Crippen MR) is 76.8 cm³/mol. The Hall–Kier alpha value is -2.54. The molecule has 5 nitrogen and oxygen atoms in total. The van der Waals surface area contributed by atoms with Crippen LogP contribution >= 0.6 is 11.8 Å². The van der Waals surface area contributed by atoms with Crippen molar-refractivity contribution in [1.29, 1.82) is 0 Å². The van der Waals surface area contributed by atoms with Gasteiger partial charge in [-0.1, -0.05) is 23.9 Å². The summed E-state index contributed by atoms with van der Waals surface area (Å²) in [5, 5.41) is 0. The number of nitrogens with one attached hydrogen (secondary N) is 1. The fourth-order valence-electron chi connectivity index (χ4n) is 1.88. The lowest BCUT2D eigenvalue weighted by molar-refractivity contribution is 0.208. The van der Waals surface area contributed by atoms with E-state index in [0.717, 1.165) is 11.8 Å². The van der Waals surface area contributed by atoms with Gasteiger partial charge in [0.05, 0.1) is 5.52 Å². The number of carbonyl (C=O) groups is 1. The molecule has 7 heteroatoms. The van der Waals surface area contributed by atoms with E-state index in [1.807, 2.05) is 0 Å². The normalized spacial score (nSPS) is 10.7. The van der Waals surface area contributed by atoms with E-state index in [0.29, 0.717) is 20.8 Å². The Morgan fingerprint density at radius 3 is 2.86 bits per heavy atom. The van der Waals surface area contributed by atoms with Crippen molar-refractivity contribution in [3.63, 3.8) is 0 Å². The average molecular weight is 303 g/mol. The van der Waals surface area contributed by atoms with Crippen LogP contribution in [0, 0.1) is 5.82 Å². The molecule has 3 N–H and O–H groups in total. The number of aromatic nitrogens is 2. The molecule has 2 aromatic heterocycles. The Morgan fingerprint density at radius 2 is 2.10 bits per heavy atom. The first-order chi connectivity index (χ1) is 10.1. The number of nitrogens with two attached hydrogens (primary N) is 1. The van der Waals surface area contributed by atoms with Gasteiger partial charge in [-0.25, -0.2) is 9.18 Å². The molecule has 0 aliphatic carbocycles. The minimum atomic E-state index is -0.947. The second-order valence-electron chi connectivity index (χ2n) is 4.14. The molecule has 106 valence electrons. The molecule has 0 saturated carbocycles. The first kappa shape index (κ1) is 13.4. The van der Waals surface area contributed by atoms with Crippen LogP contribution in [0.2, 0.25) is 0 Å². The van der Waals surface area contributed by atoms with E-state index in [1.165, 1.54) is 6.07 Å². The third kappa shape index (κ3) is 2.68. The van der Waals surface area contributed by atoms with Gasteiger partial charge in [-0.3, -0.25) is 4.98 Å². The van der Waals surface area contributed by atoms with Crippen LogP contribution in [0.5, 0.6) is 5.88 Å². The fourth-order valence-corrected chi connectivity index (χ4v) is 2.86. The van der Waals surface area contributed by atoms with Gasteiger partial charge in [0.25, 0.3) is 0 Å². The van der Waals surface area contributed by atoms with Gasteiger partial charge in [0, 0.05) is 11.1 Å². The first-order valence-corrected chi connectivity index (χ1v) is 6.83. The van der Waals surface area contributed by atoms with Crippen molar-refractivity contribution in [1.82, 2.24) is 9.97 Å². The van der Waals surface area contributed by atoms with Crippen LogP contribution in [0.15, 0.2) is 52.4 Å². The number of pyridine rings is 1. The zero-order valence-electron chi connectivity index (χ0n) is 10.7. The van der Waals surface area contributed by atoms with Crippen molar-refractivity contribution < 1.29 is 13.9 Å². The van der Waals surface area contributed by atoms with Crippen molar-refractivity contribution in [2.75, 3.05) is 0 Å². The lowest BCUT2D eigenvalue weighted by Gasteiger charge is -2.04. The van der Waals surface area contributed by atoms with Crippen LogP contribution in [0.1, 0.15) is 0 Å². The minimum Gasteiger partial charge on any atom is -0.392 e. The highest BCUT2D eigenvalue weighted by Gasteiger charge is 2.18. The molecule has 1 amide bonds. The number of nitrogens with zero attached hydrogens (tertiary/aromatic N) is 1. The van der Waals surface area contributed by atoms with Crippen LogP contribution < -0.4 is 10.5 Å². The van der Waals surface area contributed by atoms with Gasteiger partial charge < -0.3 is 15.5 Å². The summed E-state index contributed by atoms with van der Waals surface area (Å²) in [5.74, 6) is -0.206. The van der Waals surface area contributed by atoms with Crippen LogP contribution in [-0.2, 0) is 0 Å². The molecule has 0 unspecified atom stereocenters. The number of primary amides is 1. The highest BCUT2D eigenvalue weighted by atomic mass is 32.2. The van der Waals surface area contributed by atoms with Gasteiger partial charge in [0.2, 0.25) is 5.88 Å². The fraction of sp³-hybridized carbons (Fsp3) is 0. The first-order valence-electron chi connectivity index (χ1n) is 6.01. The number of ether oxygens (including phenoxy) is 1. The average Bonchev–Trinajstić information content (AvgIpc) is 2.78. The zero-order chi connectivity index (χ0) is 14.8. The summed E-state index contributed by atoms with van der Waals surface area (Å²) < 4.78 is 18.7. The molecule has 0 atom stereocenters. The summed E-state index contributed by atoms with van der Waals surface area (Å²) in [6.07, 6.45) is 0.659.